The lowest BCUT2D eigenvalue weighted by Crippen LogP contribution is -2.55. The van der Waals surface area contributed by atoms with E-state index in [4.69, 9.17) is 0 Å². The lowest BCUT2D eigenvalue weighted by molar-refractivity contribution is -0.160. The minimum Gasteiger partial charge on any atom is -0.479 e. The van der Waals surface area contributed by atoms with Crippen molar-refractivity contribution in [2.45, 2.75) is 60.0 Å². The second kappa shape index (κ2) is 5.88. The molecule has 0 heterocycles. The molecule has 0 radical (unpaired) electrons. The Morgan fingerprint density at radius 3 is 1.86 bits per heavy atom. The molecule has 21 heavy (non-hydrogen) atoms. The molecule has 0 aromatic heterocycles. The Labute approximate surface area is 126 Å². The van der Waals surface area contributed by atoms with E-state index >= 15 is 0 Å². The van der Waals surface area contributed by atoms with Crippen molar-refractivity contribution in [1.29, 1.82) is 0 Å². The molecule has 1 aromatic rings. The lowest BCUT2D eigenvalue weighted by Gasteiger charge is -2.42. The van der Waals surface area contributed by atoms with Crippen LogP contribution in [0.4, 0.5) is 0 Å². The Morgan fingerprint density at radius 2 is 1.57 bits per heavy atom. The third kappa shape index (κ3) is 2.94. The zero-order valence-electron chi connectivity index (χ0n) is 13.9. The van der Waals surface area contributed by atoms with E-state index in [0.717, 1.165) is 16.7 Å². The number of aliphatic carboxylic acids is 1. The molecule has 4 nitrogen and oxygen atoms in total. The van der Waals surface area contributed by atoms with Gasteiger partial charge in [-0.2, -0.15) is 0 Å². The van der Waals surface area contributed by atoms with E-state index in [2.05, 4.69) is 0 Å². The van der Waals surface area contributed by atoms with Crippen LogP contribution in [0.1, 0.15) is 49.9 Å². The van der Waals surface area contributed by atoms with Crippen molar-refractivity contribution in [3.8, 4) is 0 Å². The molecule has 1 rings (SSSR count). The predicted molar refractivity (Wildman–Crippen MR) is 83.3 cm³/mol. The van der Waals surface area contributed by atoms with Gasteiger partial charge in [0.25, 0.3) is 0 Å². The molecule has 0 aliphatic heterocycles. The molecule has 0 saturated heterocycles. The highest BCUT2D eigenvalue weighted by molar-refractivity contribution is 5.88. The summed E-state index contributed by atoms with van der Waals surface area (Å²) in [5, 5.41) is 9.88. The van der Waals surface area contributed by atoms with Gasteiger partial charge >= 0.3 is 5.97 Å². The van der Waals surface area contributed by atoms with Crippen molar-refractivity contribution in [3.05, 3.63) is 34.4 Å². The van der Waals surface area contributed by atoms with E-state index in [9.17, 15) is 14.7 Å². The number of aryl methyl sites for hydroxylation is 3. The van der Waals surface area contributed by atoms with Crippen LogP contribution in [0.25, 0.3) is 0 Å². The smallest absolute Gasteiger partial charge is 0.334 e. The van der Waals surface area contributed by atoms with E-state index in [1.807, 2.05) is 46.8 Å². The minimum atomic E-state index is -1.37. The number of benzene rings is 1. The third-order valence-corrected chi connectivity index (χ3v) is 3.92. The fourth-order valence-electron chi connectivity index (χ4n) is 3.47. The van der Waals surface area contributed by atoms with Crippen molar-refractivity contribution in [2.24, 2.45) is 0 Å². The van der Waals surface area contributed by atoms with Gasteiger partial charge in [-0.05, 0) is 58.2 Å². The number of hydrogen-bond acceptors (Lipinski definition) is 2. The fourth-order valence-corrected chi connectivity index (χ4v) is 3.47. The Balaban J connectivity index is 3.71. The number of carboxylic acid groups (broad SMARTS) is 1. The Hall–Kier alpha value is -1.84. The molecular formula is C17H25NO3. The van der Waals surface area contributed by atoms with Crippen molar-refractivity contribution < 1.29 is 14.7 Å². The summed E-state index contributed by atoms with van der Waals surface area (Å²) in [7, 11) is 0. The second-order valence-electron chi connectivity index (χ2n) is 6.13. The molecular weight excluding hydrogens is 266 g/mol. The largest absolute Gasteiger partial charge is 0.479 e. The van der Waals surface area contributed by atoms with E-state index in [0.29, 0.717) is 5.56 Å². The van der Waals surface area contributed by atoms with Crippen molar-refractivity contribution >= 4 is 11.9 Å². The SMILES string of the molecule is CC(=O)N(C(C)C)C(C)(C(=O)O)c1c(C)cc(C)cc1C. The molecule has 0 bridgehead atoms. The average molecular weight is 291 g/mol. The highest BCUT2D eigenvalue weighted by Crippen LogP contribution is 2.35. The van der Waals surface area contributed by atoms with Crippen LogP contribution in [-0.4, -0.2) is 27.9 Å². The number of carbonyl (C=O) groups excluding carboxylic acids is 1. The number of rotatable bonds is 4. The minimum absolute atomic E-state index is 0.205. The van der Waals surface area contributed by atoms with Crippen LogP contribution in [0, 0.1) is 20.8 Å². The molecule has 1 amide bonds. The van der Waals surface area contributed by atoms with E-state index < -0.39 is 11.5 Å². The predicted octanol–water partition coefficient (Wildman–Crippen LogP) is 3.17. The van der Waals surface area contributed by atoms with Gasteiger partial charge in [0.15, 0.2) is 5.54 Å². The normalized spacial score (nSPS) is 13.9. The van der Waals surface area contributed by atoms with Crippen LogP contribution in [0.5, 0.6) is 0 Å². The number of amides is 1. The molecule has 1 atom stereocenters. The second-order valence-corrected chi connectivity index (χ2v) is 6.13. The third-order valence-electron chi connectivity index (χ3n) is 3.92. The highest BCUT2D eigenvalue weighted by Gasteiger charge is 2.46. The Morgan fingerprint density at radius 1 is 1.14 bits per heavy atom. The van der Waals surface area contributed by atoms with Gasteiger partial charge in [-0.15, -0.1) is 0 Å². The van der Waals surface area contributed by atoms with Crippen LogP contribution >= 0.6 is 0 Å². The van der Waals surface area contributed by atoms with Gasteiger partial charge in [-0.1, -0.05) is 17.7 Å². The van der Waals surface area contributed by atoms with E-state index in [-0.39, 0.29) is 11.9 Å². The summed E-state index contributed by atoms with van der Waals surface area (Å²) in [6.45, 7) is 12.5. The molecule has 1 N–H and O–H groups in total. The van der Waals surface area contributed by atoms with Crippen LogP contribution in [0.15, 0.2) is 12.1 Å². The molecule has 0 saturated carbocycles. The number of carboxylic acids is 1. The number of carbonyl (C=O) groups is 2. The first-order valence-corrected chi connectivity index (χ1v) is 7.15. The maximum atomic E-state index is 12.1. The van der Waals surface area contributed by atoms with Crippen LogP contribution in [-0.2, 0) is 15.1 Å². The molecule has 116 valence electrons. The van der Waals surface area contributed by atoms with Gasteiger partial charge in [0.1, 0.15) is 0 Å². The monoisotopic (exact) mass is 291 g/mol. The fraction of sp³-hybridized carbons (Fsp3) is 0.529. The molecule has 0 spiro atoms. The topological polar surface area (TPSA) is 57.6 Å². The summed E-state index contributed by atoms with van der Waals surface area (Å²) >= 11 is 0. The molecule has 4 heteroatoms. The van der Waals surface area contributed by atoms with Crippen LogP contribution in [0.3, 0.4) is 0 Å². The summed E-state index contributed by atoms with van der Waals surface area (Å²) in [6.07, 6.45) is 0. The Kier molecular flexibility index (Phi) is 4.82. The molecule has 1 unspecified atom stereocenters. The van der Waals surface area contributed by atoms with Gasteiger partial charge < -0.3 is 10.0 Å². The van der Waals surface area contributed by atoms with Crippen LogP contribution in [0.2, 0.25) is 0 Å². The molecule has 0 aliphatic rings. The van der Waals surface area contributed by atoms with Gasteiger partial charge in [-0.3, -0.25) is 4.79 Å². The van der Waals surface area contributed by atoms with Crippen LogP contribution < -0.4 is 0 Å². The van der Waals surface area contributed by atoms with Crippen molar-refractivity contribution in [3.63, 3.8) is 0 Å². The first-order chi connectivity index (χ1) is 9.53. The van der Waals surface area contributed by atoms with Crippen molar-refractivity contribution in [1.82, 2.24) is 4.90 Å². The molecule has 0 aliphatic carbocycles. The lowest BCUT2D eigenvalue weighted by atomic mass is 9.82. The quantitative estimate of drug-likeness (QED) is 0.927. The first kappa shape index (κ1) is 17.2. The maximum Gasteiger partial charge on any atom is 0.334 e. The van der Waals surface area contributed by atoms with Gasteiger partial charge in [-0.25, -0.2) is 4.79 Å². The summed E-state index contributed by atoms with van der Waals surface area (Å²) < 4.78 is 0. The first-order valence-electron chi connectivity index (χ1n) is 7.15. The zero-order chi connectivity index (χ0) is 16.5. The summed E-state index contributed by atoms with van der Waals surface area (Å²) in [6, 6.07) is 3.72. The Bertz CT molecular complexity index is 554. The summed E-state index contributed by atoms with van der Waals surface area (Å²) in [5.74, 6) is -1.25. The number of nitrogens with zero attached hydrogens (tertiary/aromatic N) is 1. The van der Waals surface area contributed by atoms with E-state index in [1.54, 1.807) is 6.92 Å². The van der Waals surface area contributed by atoms with Crippen molar-refractivity contribution in [2.75, 3.05) is 0 Å². The number of hydrogen-bond donors (Lipinski definition) is 1. The van der Waals surface area contributed by atoms with Gasteiger partial charge in [0.05, 0.1) is 0 Å². The molecule has 1 aromatic carbocycles. The average Bonchev–Trinajstić information content (AvgIpc) is 2.25. The van der Waals surface area contributed by atoms with Gasteiger partial charge in [0, 0.05) is 13.0 Å². The highest BCUT2D eigenvalue weighted by atomic mass is 16.4. The van der Waals surface area contributed by atoms with Gasteiger partial charge in [0.2, 0.25) is 5.91 Å². The summed E-state index contributed by atoms with van der Waals surface area (Å²) in [4.78, 5) is 25.6. The summed E-state index contributed by atoms with van der Waals surface area (Å²) in [5.41, 5.74) is 2.19. The maximum absolute atomic E-state index is 12.1. The zero-order valence-corrected chi connectivity index (χ0v) is 13.9. The molecule has 0 fully saturated rings. The standard InChI is InChI=1S/C17H25NO3/c1-10(2)18(14(6)19)17(7,16(20)21)15-12(4)8-11(3)9-13(15)5/h8-10H,1-7H3,(H,20,21). The van der Waals surface area contributed by atoms with E-state index in [1.165, 1.54) is 11.8 Å².